The first-order valence-electron chi connectivity index (χ1n) is 13.1. The molecule has 8 nitrogen and oxygen atoms in total. The van der Waals surface area contributed by atoms with Crippen LogP contribution in [0.15, 0.2) is 82.5 Å². The van der Waals surface area contributed by atoms with E-state index in [0.29, 0.717) is 66.6 Å². The van der Waals surface area contributed by atoms with E-state index in [-0.39, 0.29) is 16.5 Å². The van der Waals surface area contributed by atoms with E-state index in [9.17, 15) is 13.2 Å². The van der Waals surface area contributed by atoms with Gasteiger partial charge in [-0.1, -0.05) is 30.7 Å². The Morgan fingerprint density at radius 1 is 0.923 bits per heavy atom. The molecule has 4 aromatic rings. The van der Waals surface area contributed by atoms with Crippen LogP contribution in [0.5, 0.6) is 5.75 Å². The van der Waals surface area contributed by atoms with Gasteiger partial charge in [0.05, 0.1) is 34.1 Å². The predicted octanol–water partition coefficient (Wildman–Crippen LogP) is 4.90. The maximum Gasteiger partial charge on any atom is 0.266 e. The van der Waals surface area contributed by atoms with Crippen LogP contribution in [0.1, 0.15) is 32.1 Å². The van der Waals surface area contributed by atoms with Gasteiger partial charge in [0, 0.05) is 31.2 Å². The fraction of sp³-hybridized carbons (Fsp3) is 0.310. The van der Waals surface area contributed by atoms with Crippen molar-refractivity contribution in [1.29, 1.82) is 0 Å². The van der Waals surface area contributed by atoms with Crippen molar-refractivity contribution in [1.82, 2.24) is 18.8 Å². The molecule has 1 fully saturated rings. The summed E-state index contributed by atoms with van der Waals surface area (Å²) in [4.78, 5) is 21.2. The summed E-state index contributed by atoms with van der Waals surface area (Å²) < 4.78 is 35.2. The lowest BCUT2D eigenvalue weighted by Crippen LogP contribution is -2.50. The predicted molar refractivity (Wildman–Crippen MR) is 153 cm³/mol. The number of para-hydroxylation sites is 1. The van der Waals surface area contributed by atoms with Crippen LogP contribution in [-0.2, 0) is 10.0 Å². The lowest BCUT2D eigenvalue weighted by molar-refractivity contribution is 0.127. The minimum absolute atomic E-state index is 0.137. The van der Waals surface area contributed by atoms with Gasteiger partial charge in [0.15, 0.2) is 0 Å². The molecule has 0 bridgehead atoms. The average molecular weight is 567 g/mol. The fourth-order valence-electron chi connectivity index (χ4n) is 5.10. The van der Waals surface area contributed by atoms with E-state index in [1.807, 2.05) is 49.4 Å². The molecule has 0 radical (unpaired) electrons. The van der Waals surface area contributed by atoms with Gasteiger partial charge in [-0.3, -0.25) is 14.3 Å². The number of hydrogen-bond acceptors (Lipinski definition) is 6. The Bertz CT molecular complexity index is 1610. The molecular formula is C29H31ClN4O4S. The molecule has 5 rings (SSSR count). The summed E-state index contributed by atoms with van der Waals surface area (Å²) in [6.07, 6.45) is 0.700. The van der Waals surface area contributed by atoms with Gasteiger partial charge < -0.3 is 4.74 Å². The number of fused-ring (bicyclic) bond motifs is 1. The monoisotopic (exact) mass is 566 g/mol. The summed E-state index contributed by atoms with van der Waals surface area (Å²) in [6.45, 7) is 6.24. The maximum atomic E-state index is 13.8. The second kappa shape index (κ2) is 11.5. The zero-order valence-corrected chi connectivity index (χ0v) is 23.5. The van der Waals surface area contributed by atoms with Crippen LogP contribution in [-0.4, -0.2) is 60.0 Å². The molecule has 204 valence electrons. The van der Waals surface area contributed by atoms with Crippen molar-refractivity contribution in [2.75, 3.05) is 32.8 Å². The third-order valence-corrected chi connectivity index (χ3v) is 9.22. The number of sulfonamides is 1. The number of piperazine rings is 1. The van der Waals surface area contributed by atoms with Crippen molar-refractivity contribution in [2.45, 2.75) is 31.2 Å². The van der Waals surface area contributed by atoms with Gasteiger partial charge in [0.25, 0.3) is 5.56 Å². The molecule has 0 spiro atoms. The number of hydrogen-bond donors (Lipinski definition) is 0. The molecule has 0 N–H and O–H groups in total. The lowest BCUT2D eigenvalue weighted by atomic mass is 10.1. The fourth-order valence-corrected chi connectivity index (χ4v) is 6.64. The normalized spacial score (nSPS) is 15.9. The van der Waals surface area contributed by atoms with E-state index in [0.717, 1.165) is 5.75 Å². The molecule has 10 heteroatoms. The number of aromatic nitrogens is 2. The Hall–Kier alpha value is -3.24. The minimum Gasteiger partial charge on any atom is -0.494 e. The molecule has 39 heavy (non-hydrogen) atoms. The molecule has 0 saturated carbocycles. The van der Waals surface area contributed by atoms with Gasteiger partial charge in [0.1, 0.15) is 11.6 Å². The van der Waals surface area contributed by atoms with E-state index in [1.165, 1.54) is 16.4 Å². The van der Waals surface area contributed by atoms with Crippen molar-refractivity contribution in [3.05, 3.63) is 94.0 Å². The summed E-state index contributed by atoms with van der Waals surface area (Å²) in [5.74, 6) is 1.37. The topological polar surface area (TPSA) is 84.7 Å². The molecule has 0 amide bonds. The first kappa shape index (κ1) is 27.3. The summed E-state index contributed by atoms with van der Waals surface area (Å²) in [5, 5.41) is 1.04. The highest BCUT2D eigenvalue weighted by Crippen LogP contribution is 2.29. The largest absolute Gasteiger partial charge is 0.494 e. The Kier molecular flexibility index (Phi) is 8.04. The number of ether oxygens (including phenoxy) is 1. The standard InChI is InChI=1S/C29H31ClN4O4S/c1-3-27(32-17-19-33(20-18-32)39(36,37)24-15-9-21(30)10-16-24)28-31-26-8-6-5-7-25(26)29(35)34(28)22-11-13-23(14-12-22)38-4-2/h5-16,27H,3-4,17-20H2,1-2H3. The van der Waals surface area contributed by atoms with Gasteiger partial charge in [0.2, 0.25) is 10.0 Å². The smallest absolute Gasteiger partial charge is 0.266 e. The third-order valence-electron chi connectivity index (χ3n) is 7.06. The van der Waals surface area contributed by atoms with Crippen molar-refractivity contribution in [3.8, 4) is 11.4 Å². The summed E-state index contributed by atoms with van der Waals surface area (Å²) >= 11 is 5.95. The number of benzene rings is 3. The average Bonchev–Trinajstić information content (AvgIpc) is 2.95. The zero-order chi connectivity index (χ0) is 27.6. The van der Waals surface area contributed by atoms with Gasteiger partial charge >= 0.3 is 0 Å². The molecule has 1 aliphatic rings. The number of nitrogens with zero attached hydrogens (tertiary/aromatic N) is 4. The Morgan fingerprint density at radius 2 is 1.59 bits per heavy atom. The number of halogens is 1. The highest BCUT2D eigenvalue weighted by atomic mass is 35.5. The molecule has 3 aromatic carbocycles. The molecule has 2 heterocycles. The van der Waals surface area contributed by atoms with Crippen LogP contribution < -0.4 is 10.3 Å². The second-order valence-electron chi connectivity index (χ2n) is 9.37. The van der Waals surface area contributed by atoms with Gasteiger partial charge in [-0.25, -0.2) is 13.4 Å². The molecule has 1 atom stereocenters. The van der Waals surface area contributed by atoms with E-state index in [1.54, 1.807) is 22.8 Å². The molecule has 0 aliphatic carbocycles. The van der Waals surface area contributed by atoms with Crippen LogP contribution in [0.4, 0.5) is 0 Å². The Balaban J connectivity index is 1.48. The second-order valence-corrected chi connectivity index (χ2v) is 11.7. The Labute approximate surface area is 233 Å². The summed E-state index contributed by atoms with van der Waals surface area (Å²) in [5.41, 5.74) is 1.21. The maximum absolute atomic E-state index is 13.8. The minimum atomic E-state index is -3.63. The third kappa shape index (κ3) is 5.45. The van der Waals surface area contributed by atoms with Crippen molar-refractivity contribution in [3.63, 3.8) is 0 Å². The first-order chi connectivity index (χ1) is 18.8. The van der Waals surface area contributed by atoms with Crippen LogP contribution in [0.25, 0.3) is 16.6 Å². The molecule has 1 saturated heterocycles. The highest BCUT2D eigenvalue weighted by Gasteiger charge is 2.33. The van der Waals surface area contributed by atoms with E-state index in [4.69, 9.17) is 21.3 Å². The lowest BCUT2D eigenvalue weighted by Gasteiger charge is -2.38. The molecule has 1 aromatic heterocycles. The quantitative estimate of drug-likeness (QED) is 0.302. The molecule has 1 aliphatic heterocycles. The number of rotatable bonds is 8. The van der Waals surface area contributed by atoms with E-state index >= 15 is 0 Å². The summed E-state index contributed by atoms with van der Waals surface area (Å²) in [6, 6.07) is 20.9. The van der Waals surface area contributed by atoms with Crippen LogP contribution in [0, 0.1) is 0 Å². The zero-order valence-electron chi connectivity index (χ0n) is 22.0. The Morgan fingerprint density at radius 3 is 2.23 bits per heavy atom. The summed E-state index contributed by atoms with van der Waals surface area (Å²) in [7, 11) is -3.63. The van der Waals surface area contributed by atoms with Crippen LogP contribution in [0.3, 0.4) is 0 Å². The van der Waals surface area contributed by atoms with Gasteiger partial charge in [-0.2, -0.15) is 4.31 Å². The van der Waals surface area contributed by atoms with Crippen molar-refractivity contribution >= 4 is 32.5 Å². The van der Waals surface area contributed by atoms with Crippen molar-refractivity contribution < 1.29 is 13.2 Å². The van der Waals surface area contributed by atoms with Gasteiger partial charge in [-0.15, -0.1) is 0 Å². The van der Waals surface area contributed by atoms with Gasteiger partial charge in [-0.05, 0) is 74.0 Å². The molecule has 1 unspecified atom stereocenters. The van der Waals surface area contributed by atoms with Crippen molar-refractivity contribution in [2.24, 2.45) is 0 Å². The van der Waals surface area contributed by atoms with E-state index in [2.05, 4.69) is 11.8 Å². The first-order valence-corrected chi connectivity index (χ1v) is 14.9. The van der Waals surface area contributed by atoms with Crippen LogP contribution >= 0.6 is 11.6 Å². The molecular weight excluding hydrogens is 536 g/mol. The SMILES string of the molecule is CCOc1ccc(-n2c(C(CC)N3CCN(S(=O)(=O)c4ccc(Cl)cc4)CC3)nc3ccccc3c2=O)cc1. The van der Waals surface area contributed by atoms with E-state index < -0.39 is 10.0 Å². The van der Waals surface area contributed by atoms with Crippen LogP contribution in [0.2, 0.25) is 5.02 Å². The highest BCUT2D eigenvalue weighted by molar-refractivity contribution is 7.89.